The van der Waals surface area contributed by atoms with E-state index in [4.69, 9.17) is 11.6 Å². The summed E-state index contributed by atoms with van der Waals surface area (Å²) >= 11 is 5.92. The van der Waals surface area contributed by atoms with Gasteiger partial charge in [-0.25, -0.2) is 9.97 Å². The third kappa shape index (κ3) is 4.40. The van der Waals surface area contributed by atoms with Crippen molar-refractivity contribution in [2.24, 2.45) is 5.41 Å². The van der Waals surface area contributed by atoms with Gasteiger partial charge < -0.3 is 9.80 Å². The number of anilines is 1. The molecular formula is C23H25ClF3N5O. The third-order valence-electron chi connectivity index (χ3n) is 7.05. The molecule has 5 rings (SSSR count). The maximum absolute atomic E-state index is 13.3. The molecule has 1 aliphatic carbocycles. The Morgan fingerprint density at radius 3 is 2.36 bits per heavy atom. The molecule has 2 aliphatic heterocycles. The summed E-state index contributed by atoms with van der Waals surface area (Å²) in [6.07, 6.45) is -2.39. The molecule has 0 radical (unpaired) electrons. The van der Waals surface area contributed by atoms with Crippen LogP contribution in [-0.2, 0) is 6.18 Å². The number of hydrogen-bond donors (Lipinski definition) is 0. The number of hydrogen-bond acceptors (Lipinski definition) is 5. The van der Waals surface area contributed by atoms with Gasteiger partial charge in [-0.2, -0.15) is 13.2 Å². The average Bonchev–Trinajstić information content (AvgIpc) is 3.45. The predicted molar refractivity (Wildman–Crippen MR) is 118 cm³/mol. The molecule has 1 aromatic heterocycles. The van der Waals surface area contributed by atoms with Crippen molar-refractivity contribution in [3.05, 3.63) is 52.3 Å². The number of aromatic nitrogens is 2. The van der Waals surface area contributed by atoms with Crippen LogP contribution in [0.2, 0.25) is 5.02 Å². The second-order valence-corrected chi connectivity index (χ2v) is 9.72. The molecule has 6 nitrogen and oxygen atoms in total. The standard InChI is InChI=1S/C23H25ClF3N5O/c1-15-12-18(23(25,26)27)29-21(28-15)32-13-19(22(14-32)6-7-22)30-8-10-31(11-9-30)20(33)16-2-4-17(24)5-3-16/h2-5,12,19H,6-11,13-14H2,1H3. The first-order valence-electron chi connectivity index (χ1n) is 11.1. The second kappa shape index (κ2) is 8.13. The number of rotatable bonds is 3. The molecule has 10 heteroatoms. The first-order chi connectivity index (χ1) is 15.6. The molecule has 2 saturated heterocycles. The van der Waals surface area contributed by atoms with Crippen molar-refractivity contribution in [1.29, 1.82) is 0 Å². The minimum atomic E-state index is -4.49. The summed E-state index contributed by atoms with van der Waals surface area (Å²) < 4.78 is 39.8. The second-order valence-electron chi connectivity index (χ2n) is 9.29. The highest BCUT2D eigenvalue weighted by Crippen LogP contribution is 2.55. The van der Waals surface area contributed by atoms with Gasteiger partial charge in [-0.05, 0) is 50.1 Å². The van der Waals surface area contributed by atoms with E-state index < -0.39 is 11.9 Å². The largest absolute Gasteiger partial charge is 0.433 e. The minimum absolute atomic E-state index is 0.00617. The van der Waals surface area contributed by atoms with Crippen LogP contribution < -0.4 is 4.90 Å². The summed E-state index contributed by atoms with van der Waals surface area (Å²) in [6, 6.07) is 8.12. The Kier molecular flexibility index (Phi) is 5.52. The maximum atomic E-state index is 13.3. The van der Waals surface area contributed by atoms with Gasteiger partial charge in [0.15, 0.2) is 0 Å². The zero-order valence-corrected chi connectivity index (χ0v) is 19.0. The van der Waals surface area contributed by atoms with Crippen LogP contribution in [0.4, 0.5) is 19.1 Å². The van der Waals surface area contributed by atoms with Crippen LogP contribution in [0.5, 0.6) is 0 Å². The number of benzene rings is 1. The topological polar surface area (TPSA) is 52.6 Å². The molecule has 176 valence electrons. The Morgan fingerprint density at radius 2 is 1.76 bits per heavy atom. The molecule has 1 atom stereocenters. The highest BCUT2D eigenvalue weighted by Gasteiger charge is 2.57. The molecule has 1 aromatic carbocycles. The van der Waals surface area contributed by atoms with Gasteiger partial charge in [0.2, 0.25) is 5.95 Å². The summed E-state index contributed by atoms with van der Waals surface area (Å²) in [4.78, 5) is 27.1. The average molecular weight is 480 g/mol. The molecule has 0 bridgehead atoms. The highest BCUT2D eigenvalue weighted by molar-refractivity contribution is 6.30. The van der Waals surface area contributed by atoms with Crippen LogP contribution >= 0.6 is 11.6 Å². The fraction of sp³-hybridized carbons (Fsp3) is 0.522. The van der Waals surface area contributed by atoms with Gasteiger partial charge in [0.25, 0.3) is 5.91 Å². The maximum Gasteiger partial charge on any atom is 0.433 e. The van der Waals surface area contributed by atoms with Gasteiger partial charge in [0.05, 0.1) is 0 Å². The van der Waals surface area contributed by atoms with E-state index >= 15 is 0 Å². The van der Waals surface area contributed by atoms with Gasteiger partial charge in [-0.3, -0.25) is 9.69 Å². The molecule has 1 spiro atoms. The molecule has 3 heterocycles. The molecule has 3 aliphatic rings. The smallest absolute Gasteiger partial charge is 0.339 e. The molecule has 3 fully saturated rings. The van der Waals surface area contributed by atoms with Gasteiger partial charge in [-0.1, -0.05) is 11.6 Å². The van der Waals surface area contributed by atoms with E-state index in [-0.39, 0.29) is 23.3 Å². The van der Waals surface area contributed by atoms with E-state index in [0.717, 1.165) is 32.0 Å². The van der Waals surface area contributed by atoms with Crippen LogP contribution in [0.25, 0.3) is 0 Å². The Hall–Kier alpha value is -2.39. The van der Waals surface area contributed by atoms with E-state index in [1.54, 1.807) is 31.2 Å². The molecule has 33 heavy (non-hydrogen) atoms. The lowest BCUT2D eigenvalue weighted by Crippen LogP contribution is -2.54. The Bertz CT molecular complexity index is 1050. The van der Waals surface area contributed by atoms with Gasteiger partial charge in [0.1, 0.15) is 5.69 Å². The summed E-state index contributed by atoms with van der Waals surface area (Å²) in [5, 5.41) is 0.594. The zero-order chi connectivity index (χ0) is 23.4. The van der Waals surface area contributed by atoms with E-state index in [9.17, 15) is 18.0 Å². The Morgan fingerprint density at radius 1 is 1.09 bits per heavy atom. The fourth-order valence-electron chi connectivity index (χ4n) is 5.11. The van der Waals surface area contributed by atoms with Gasteiger partial charge in [-0.15, -0.1) is 0 Å². The highest BCUT2D eigenvalue weighted by atomic mass is 35.5. The van der Waals surface area contributed by atoms with Crippen molar-refractivity contribution in [2.75, 3.05) is 44.2 Å². The minimum Gasteiger partial charge on any atom is -0.339 e. The quantitative estimate of drug-likeness (QED) is 0.668. The van der Waals surface area contributed by atoms with Crippen molar-refractivity contribution in [3.8, 4) is 0 Å². The van der Waals surface area contributed by atoms with Gasteiger partial charge >= 0.3 is 6.18 Å². The summed E-state index contributed by atoms with van der Waals surface area (Å²) in [7, 11) is 0. The van der Waals surface area contributed by atoms with Crippen molar-refractivity contribution >= 4 is 23.5 Å². The third-order valence-corrected chi connectivity index (χ3v) is 7.30. The van der Waals surface area contributed by atoms with Crippen LogP contribution in [-0.4, -0.2) is 71.0 Å². The lowest BCUT2D eigenvalue weighted by atomic mass is 9.98. The number of halogens is 4. The van der Waals surface area contributed by atoms with Crippen LogP contribution in [0.3, 0.4) is 0 Å². The van der Waals surface area contributed by atoms with E-state index in [1.807, 2.05) is 9.80 Å². The number of piperazine rings is 1. The summed E-state index contributed by atoms with van der Waals surface area (Å²) in [5.41, 5.74) is 0.117. The van der Waals surface area contributed by atoms with Crippen LogP contribution in [0.1, 0.15) is 34.6 Å². The summed E-state index contributed by atoms with van der Waals surface area (Å²) in [5.74, 6) is 0.154. The molecular weight excluding hydrogens is 455 g/mol. The molecule has 1 amide bonds. The van der Waals surface area contributed by atoms with E-state index in [2.05, 4.69) is 14.9 Å². The van der Waals surface area contributed by atoms with Crippen LogP contribution in [0.15, 0.2) is 30.3 Å². The number of amides is 1. The summed E-state index contributed by atoms with van der Waals surface area (Å²) in [6.45, 7) is 5.55. The normalized spacial score (nSPS) is 22.8. The monoisotopic (exact) mass is 479 g/mol. The van der Waals surface area contributed by atoms with Crippen molar-refractivity contribution in [1.82, 2.24) is 19.8 Å². The van der Waals surface area contributed by atoms with Crippen molar-refractivity contribution in [2.45, 2.75) is 32.0 Å². The number of nitrogens with zero attached hydrogens (tertiary/aromatic N) is 5. The molecule has 0 N–H and O–H groups in total. The molecule has 2 aromatic rings. The zero-order valence-electron chi connectivity index (χ0n) is 18.3. The Balaban J connectivity index is 1.27. The lowest BCUT2D eigenvalue weighted by Gasteiger charge is -2.40. The van der Waals surface area contributed by atoms with E-state index in [1.165, 1.54) is 0 Å². The van der Waals surface area contributed by atoms with Crippen molar-refractivity contribution < 1.29 is 18.0 Å². The molecule has 1 saturated carbocycles. The lowest BCUT2D eigenvalue weighted by molar-refractivity contribution is -0.141. The fourth-order valence-corrected chi connectivity index (χ4v) is 5.24. The Labute approximate surface area is 195 Å². The number of alkyl halides is 3. The number of carbonyl (C=O) groups excluding carboxylic acids is 1. The first-order valence-corrected chi connectivity index (χ1v) is 11.5. The van der Waals surface area contributed by atoms with E-state index in [0.29, 0.717) is 42.5 Å². The SMILES string of the molecule is Cc1cc(C(F)(F)F)nc(N2CC(N3CCN(C(=O)c4ccc(Cl)cc4)CC3)C3(CC3)C2)n1. The van der Waals surface area contributed by atoms with Crippen molar-refractivity contribution in [3.63, 3.8) is 0 Å². The predicted octanol–water partition coefficient (Wildman–Crippen LogP) is 3.88. The first kappa shape index (κ1) is 22.4. The van der Waals surface area contributed by atoms with Crippen LogP contribution in [0, 0.1) is 12.3 Å². The number of aryl methyl sites for hydroxylation is 1. The molecule has 1 unspecified atom stereocenters. The van der Waals surface area contributed by atoms with Gasteiger partial charge in [0, 0.05) is 67.0 Å². The number of carbonyl (C=O) groups is 1.